The van der Waals surface area contributed by atoms with Crippen LogP contribution in [-0.4, -0.2) is 18.2 Å². The lowest BCUT2D eigenvalue weighted by Crippen LogP contribution is -2.37. The molecule has 16 heavy (non-hydrogen) atoms. The predicted molar refractivity (Wildman–Crippen MR) is 66.1 cm³/mol. The topological polar surface area (TPSA) is 46.2 Å². The van der Waals surface area contributed by atoms with E-state index in [2.05, 4.69) is 11.9 Å². The van der Waals surface area contributed by atoms with Crippen LogP contribution in [0.4, 0.5) is 0 Å². The number of carbonyl (C=O) groups is 2. The fraction of sp³-hybridized carbons (Fsp3) is 0.692. The number of rotatable bonds is 7. The highest BCUT2D eigenvalue weighted by atomic mass is 16.2. The summed E-state index contributed by atoms with van der Waals surface area (Å²) in [5, 5.41) is 2.85. The molecule has 3 heteroatoms. The highest BCUT2D eigenvalue weighted by Gasteiger charge is 2.24. The molecule has 0 atom stereocenters. The molecule has 0 rings (SSSR count). The molecule has 92 valence electrons. The summed E-state index contributed by atoms with van der Waals surface area (Å²) in [7, 11) is 0. The van der Waals surface area contributed by atoms with Crippen molar-refractivity contribution in [2.45, 2.75) is 47.0 Å². The van der Waals surface area contributed by atoms with Crippen LogP contribution in [0.5, 0.6) is 0 Å². The third-order valence-corrected chi connectivity index (χ3v) is 2.84. The Hall–Kier alpha value is -1.12. The average molecular weight is 225 g/mol. The van der Waals surface area contributed by atoms with E-state index < -0.39 is 0 Å². The van der Waals surface area contributed by atoms with E-state index in [9.17, 15) is 9.59 Å². The Labute approximate surface area is 98.3 Å². The van der Waals surface area contributed by atoms with Crippen LogP contribution in [0.25, 0.3) is 0 Å². The second-order valence-corrected chi connectivity index (χ2v) is 4.80. The third-order valence-electron chi connectivity index (χ3n) is 2.84. The third kappa shape index (κ3) is 5.10. The molecule has 0 aromatic carbocycles. The van der Waals surface area contributed by atoms with Crippen molar-refractivity contribution in [3.63, 3.8) is 0 Å². The Morgan fingerprint density at radius 1 is 1.31 bits per heavy atom. The van der Waals surface area contributed by atoms with Crippen molar-refractivity contribution in [1.82, 2.24) is 5.32 Å². The molecule has 0 saturated carbocycles. The van der Waals surface area contributed by atoms with E-state index in [0.717, 1.165) is 6.42 Å². The standard InChI is InChI=1S/C13H23NO2/c1-6-13(4,5)12(16)14-9-7-8-11(15)10(2)3/h2,6-9H2,1,3-5H3,(H,14,16). The molecule has 0 aliphatic carbocycles. The quantitative estimate of drug-likeness (QED) is 0.534. The number of nitrogens with one attached hydrogen (secondary N) is 1. The molecule has 0 radical (unpaired) electrons. The molecule has 3 nitrogen and oxygen atoms in total. The van der Waals surface area contributed by atoms with Crippen molar-refractivity contribution >= 4 is 11.7 Å². The number of Topliss-reactive ketones (excluding diaryl/α,β-unsaturated/α-hetero) is 1. The maximum Gasteiger partial charge on any atom is 0.225 e. The van der Waals surface area contributed by atoms with Crippen LogP contribution in [0.3, 0.4) is 0 Å². The Bertz CT molecular complexity index is 280. The maximum absolute atomic E-state index is 11.7. The highest BCUT2D eigenvalue weighted by molar-refractivity contribution is 5.94. The van der Waals surface area contributed by atoms with E-state index in [0.29, 0.717) is 25.0 Å². The van der Waals surface area contributed by atoms with Crippen molar-refractivity contribution in [2.24, 2.45) is 5.41 Å². The first-order valence-electron chi connectivity index (χ1n) is 5.78. The van der Waals surface area contributed by atoms with Gasteiger partial charge in [-0.05, 0) is 25.3 Å². The monoisotopic (exact) mass is 225 g/mol. The number of hydrogen-bond acceptors (Lipinski definition) is 2. The first kappa shape index (κ1) is 14.9. The highest BCUT2D eigenvalue weighted by Crippen LogP contribution is 2.19. The minimum absolute atomic E-state index is 0.0535. The molecule has 0 bridgehead atoms. The lowest BCUT2D eigenvalue weighted by Gasteiger charge is -2.21. The number of carbonyl (C=O) groups excluding carboxylic acids is 2. The van der Waals surface area contributed by atoms with Crippen molar-refractivity contribution in [3.8, 4) is 0 Å². The van der Waals surface area contributed by atoms with Crippen molar-refractivity contribution < 1.29 is 9.59 Å². The van der Waals surface area contributed by atoms with Gasteiger partial charge < -0.3 is 5.32 Å². The minimum atomic E-state index is -0.321. The van der Waals surface area contributed by atoms with Crippen LogP contribution in [0.1, 0.15) is 47.0 Å². The van der Waals surface area contributed by atoms with Crippen molar-refractivity contribution in [2.75, 3.05) is 6.54 Å². The zero-order valence-corrected chi connectivity index (χ0v) is 10.9. The Balaban J connectivity index is 3.80. The maximum atomic E-state index is 11.7. The summed E-state index contributed by atoms with van der Waals surface area (Å²) in [4.78, 5) is 22.9. The SMILES string of the molecule is C=C(C)C(=O)CCCNC(=O)C(C)(C)CC. The van der Waals surface area contributed by atoms with Gasteiger partial charge >= 0.3 is 0 Å². The zero-order chi connectivity index (χ0) is 12.8. The predicted octanol–water partition coefficient (Wildman–Crippen LogP) is 2.46. The number of amides is 1. The van der Waals surface area contributed by atoms with Gasteiger partial charge in [-0.3, -0.25) is 9.59 Å². The summed E-state index contributed by atoms with van der Waals surface area (Å²) in [6, 6.07) is 0. The van der Waals surface area contributed by atoms with Crippen molar-refractivity contribution in [1.29, 1.82) is 0 Å². The Kier molecular flexibility index (Phi) is 6.01. The normalized spacial score (nSPS) is 11.0. The van der Waals surface area contributed by atoms with Crippen molar-refractivity contribution in [3.05, 3.63) is 12.2 Å². The molecule has 1 amide bonds. The molecule has 0 unspecified atom stereocenters. The summed E-state index contributed by atoms with van der Waals surface area (Å²) < 4.78 is 0. The van der Waals surface area contributed by atoms with Gasteiger partial charge in [-0.1, -0.05) is 27.4 Å². The Morgan fingerprint density at radius 3 is 2.31 bits per heavy atom. The van der Waals surface area contributed by atoms with E-state index in [-0.39, 0.29) is 17.1 Å². The lowest BCUT2D eigenvalue weighted by molar-refractivity contribution is -0.129. The molecule has 0 aromatic rings. The average Bonchev–Trinajstić information content (AvgIpc) is 2.23. The van der Waals surface area contributed by atoms with E-state index in [1.807, 2.05) is 20.8 Å². The van der Waals surface area contributed by atoms with Crippen LogP contribution < -0.4 is 5.32 Å². The molecular weight excluding hydrogens is 202 g/mol. The van der Waals surface area contributed by atoms with Gasteiger partial charge in [-0.25, -0.2) is 0 Å². The van der Waals surface area contributed by atoms with Gasteiger partial charge in [0.05, 0.1) is 0 Å². The smallest absolute Gasteiger partial charge is 0.225 e. The number of allylic oxidation sites excluding steroid dienone is 1. The summed E-state index contributed by atoms with van der Waals surface area (Å²) in [6.07, 6.45) is 1.95. The second-order valence-electron chi connectivity index (χ2n) is 4.80. The fourth-order valence-corrected chi connectivity index (χ4v) is 1.06. The van der Waals surface area contributed by atoms with Crippen LogP contribution in [0.2, 0.25) is 0 Å². The minimum Gasteiger partial charge on any atom is -0.356 e. The van der Waals surface area contributed by atoms with Crippen LogP contribution in [-0.2, 0) is 9.59 Å². The summed E-state index contributed by atoms with van der Waals surface area (Å²) in [5.41, 5.74) is 0.262. The van der Waals surface area contributed by atoms with Gasteiger partial charge in [0.25, 0.3) is 0 Å². The van der Waals surface area contributed by atoms with Crippen LogP contribution >= 0.6 is 0 Å². The first-order valence-corrected chi connectivity index (χ1v) is 5.78. The van der Waals surface area contributed by atoms with Gasteiger partial charge in [-0.2, -0.15) is 0 Å². The lowest BCUT2D eigenvalue weighted by atomic mass is 9.89. The fourth-order valence-electron chi connectivity index (χ4n) is 1.06. The second kappa shape index (κ2) is 6.46. The van der Waals surface area contributed by atoms with Gasteiger partial charge in [0.15, 0.2) is 5.78 Å². The molecular formula is C13H23NO2. The molecule has 0 heterocycles. The summed E-state index contributed by atoms with van der Waals surface area (Å²) in [6.45, 7) is 11.7. The van der Waals surface area contributed by atoms with Crippen LogP contribution in [0.15, 0.2) is 12.2 Å². The van der Waals surface area contributed by atoms with E-state index in [4.69, 9.17) is 0 Å². The zero-order valence-electron chi connectivity index (χ0n) is 10.9. The number of hydrogen-bond donors (Lipinski definition) is 1. The van der Waals surface area contributed by atoms with E-state index >= 15 is 0 Å². The van der Waals surface area contributed by atoms with Gasteiger partial charge in [0.1, 0.15) is 0 Å². The molecule has 0 aliphatic heterocycles. The molecule has 0 spiro atoms. The largest absolute Gasteiger partial charge is 0.356 e. The number of ketones is 1. The molecule has 1 N–H and O–H groups in total. The molecule has 0 aromatic heterocycles. The molecule has 0 saturated heterocycles. The summed E-state index contributed by atoms with van der Waals surface area (Å²) >= 11 is 0. The Morgan fingerprint density at radius 2 is 1.88 bits per heavy atom. The first-order chi connectivity index (χ1) is 7.31. The van der Waals surface area contributed by atoms with E-state index in [1.54, 1.807) is 6.92 Å². The van der Waals surface area contributed by atoms with Gasteiger partial charge in [0, 0.05) is 18.4 Å². The van der Waals surface area contributed by atoms with Gasteiger partial charge in [0.2, 0.25) is 5.91 Å². The van der Waals surface area contributed by atoms with Gasteiger partial charge in [-0.15, -0.1) is 0 Å². The summed E-state index contributed by atoms with van der Waals surface area (Å²) in [5.74, 6) is 0.127. The molecule has 0 fully saturated rings. The molecule has 0 aliphatic rings. The van der Waals surface area contributed by atoms with Crippen LogP contribution in [0, 0.1) is 5.41 Å². The van der Waals surface area contributed by atoms with E-state index in [1.165, 1.54) is 0 Å².